The van der Waals surface area contributed by atoms with Crippen molar-refractivity contribution in [2.75, 3.05) is 31.0 Å². The highest BCUT2D eigenvalue weighted by atomic mass is 32.1. The minimum Gasteiger partial charge on any atom is -0.488 e. The highest BCUT2D eigenvalue weighted by Gasteiger charge is 2.48. The molecule has 220 valence electrons. The number of carbonyl (C=O) groups is 2. The second-order valence-electron chi connectivity index (χ2n) is 12.0. The molecule has 1 aromatic heterocycles. The maximum Gasteiger partial charge on any atom is 0.299 e. The van der Waals surface area contributed by atoms with E-state index in [1.165, 1.54) is 4.90 Å². The van der Waals surface area contributed by atoms with Gasteiger partial charge in [-0.25, -0.2) is 13.8 Å². The first-order valence-corrected chi connectivity index (χ1v) is 15.4. The number of carbonyl (C=O) groups excluding carboxylic acids is 1. The molecule has 3 saturated heterocycles. The van der Waals surface area contributed by atoms with E-state index in [0.29, 0.717) is 17.9 Å². The highest BCUT2D eigenvalue weighted by Crippen LogP contribution is 2.44. The molecule has 3 aromatic rings. The lowest BCUT2D eigenvalue weighted by molar-refractivity contribution is -0.137. The zero-order chi connectivity index (χ0) is 29.6. The Hall–Kier alpha value is -3.47. The van der Waals surface area contributed by atoms with Gasteiger partial charge in [0.05, 0.1) is 5.69 Å². The Labute approximate surface area is 248 Å². The number of hydrogen-bond donors (Lipinski definition) is 1. The number of benzene rings is 2. The molecule has 0 aliphatic carbocycles. The van der Waals surface area contributed by atoms with Gasteiger partial charge in [-0.1, -0.05) is 30.4 Å². The van der Waals surface area contributed by atoms with E-state index in [4.69, 9.17) is 9.72 Å². The normalized spacial score (nSPS) is 21.5. The molecule has 4 heterocycles. The lowest BCUT2D eigenvalue weighted by atomic mass is 9.40. The number of aliphatic carboxylic acids is 1. The van der Waals surface area contributed by atoms with Gasteiger partial charge in [-0.15, -0.1) is 11.3 Å². The molecule has 1 amide bonds. The van der Waals surface area contributed by atoms with Crippen LogP contribution in [0.3, 0.4) is 0 Å². The maximum atomic E-state index is 13.5. The Morgan fingerprint density at radius 2 is 1.95 bits per heavy atom. The van der Waals surface area contributed by atoms with Crippen LogP contribution in [0.5, 0.6) is 5.75 Å². The van der Waals surface area contributed by atoms with Gasteiger partial charge in [0.25, 0.3) is 17.8 Å². The summed E-state index contributed by atoms with van der Waals surface area (Å²) >= 11 is 1.57. The predicted octanol–water partition coefficient (Wildman–Crippen LogP) is 6.21. The molecule has 11 heteroatoms. The molecule has 3 aliphatic rings. The molecule has 2 bridgehead atoms. The average molecular weight is 594 g/mol. The van der Waals surface area contributed by atoms with Gasteiger partial charge in [-0.3, -0.25) is 9.59 Å². The fourth-order valence-corrected chi connectivity index (χ4v) is 7.50. The fraction of sp³-hybridized carbons (Fsp3) is 0.452. The summed E-state index contributed by atoms with van der Waals surface area (Å²) in [6.07, 6.45) is 2.04. The maximum absolute atomic E-state index is 13.5. The van der Waals surface area contributed by atoms with Crippen molar-refractivity contribution in [1.29, 1.82) is 0 Å². The van der Waals surface area contributed by atoms with Gasteiger partial charge in [-0.05, 0) is 61.6 Å². The third-order valence-corrected chi connectivity index (χ3v) is 9.95. The largest absolute Gasteiger partial charge is 0.488 e. The van der Waals surface area contributed by atoms with Crippen molar-refractivity contribution in [2.24, 2.45) is 5.92 Å². The van der Waals surface area contributed by atoms with Crippen LogP contribution in [0.1, 0.15) is 46.3 Å². The topological polar surface area (TPSA) is 83.0 Å². The summed E-state index contributed by atoms with van der Waals surface area (Å²) in [6.45, 7) is 5.26. The fourth-order valence-electron chi connectivity index (χ4n) is 6.65. The van der Waals surface area contributed by atoms with E-state index in [2.05, 4.69) is 11.0 Å². The second-order valence-corrected chi connectivity index (χ2v) is 12.8. The van der Waals surface area contributed by atoms with Crippen LogP contribution in [-0.4, -0.2) is 65.6 Å². The predicted molar refractivity (Wildman–Crippen MR) is 160 cm³/mol. The van der Waals surface area contributed by atoms with Crippen LogP contribution in [0.2, 0.25) is 12.1 Å². The third-order valence-electron chi connectivity index (χ3n) is 9.05. The highest BCUT2D eigenvalue weighted by molar-refractivity contribution is 7.14. The molecule has 1 N–H and O–H groups in total. The standard InChI is InChI=1S/C31H34BF2N3O4S/c1-19-3-6-26(41-16-23-5-4-21(14-20(23)2)28(38)36-11-8-31(33,34)9-12-36)24(13-19)25-17-42-30(35-25)37-15-22-7-10-32(18-37)27(22)29(39)40/h3-6,13-14,17,22,27H,7-12,15-16,18H2,1-2H3,(H,39,40)/t22?,27-/m1/s1. The summed E-state index contributed by atoms with van der Waals surface area (Å²) in [7, 11) is 0. The summed E-state index contributed by atoms with van der Waals surface area (Å²) in [5, 5.41) is 12.6. The van der Waals surface area contributed by atoms with E-state index >= 15 is 0 Å². The summed E-state index contributed by atoms with van der Waals surface area (Å²) in [4.78, 5) is 33.4. The summed E-state index contributed by atoms with van der Waals surface area (Å²) in [5.74, 6) is -2.96. The zero-order valence-electron chi connectivity index (χ0n) is 23.8. The summed E-state index contributed by atoms with van der Waals surface area (Å²) < 4.78 is 33.3. The number of halogens is 2. The van der Waals surface area contributed by atoms with E-state index < -0.39 is 11.9 Å². The molecule has 7 nitrogen and oxygen atoms in total. The van der Waals surface area contributed by atoms with Crippen molar-refractivity contribution in [1.82, 2.24) is 9.88 Å². The number of carboxylic acid groups (broad SMARTS) is 1. The number of thiazole rings is 1. The number of hydrogen-bond acceptors (Lipinski definition) is 6. The van der Waals surface area contributed by atoms with E-state index in [0.717, 1.165) is 58.8 Å². The molecular weight excluding hydrogens is 559 g/mol. The Kier molecular flexibility index (Phi) is 7.72. The first-order valence-electron chi connectivity index (χ1n) is 14.5. The SMILES string of the molecule is Cc1ccc(OCc2ccc(C(=O)N3CCC(F)(F)CC3)cc2C)c(-c2csc(N3CB4CCC(C3)[C@@H]4C(=O)O)n2)c1. The van der Waals surface area contributed by atoms with Gasteiger partial charge < -0.3 is 19.6 Å². The van der Waals surface area contributed by atoms with E-state index in [9.17, 15) is 23.5 Å². The molecule has 2 aromatic carbocycles. The molecule has 0 radical (unpaired) electrons. The molecule has 6 rings (SSSR count). The van der Waals surface area contributed by atoms with Gasteiger partial charge >= 0.3 is 0 Å². The van der Waals surface area contributed by atoms with Crippen LogP contribution in [-0.2, 0) is 11.4 Å². The molecule has 2 atom stereocenters. The smallest absolute Gasteiger partial charge is 0.299 e. The van der Waals surface area contributed by atoms with E-state index in [1.54, 1.807) is 23.5 Å². The van der Waals surface area contributed by atoms with Crippen LogP contribution >= 0.6 is 11.3 Å². The average Bonchev–Trinajstić information content (AvgIpc) is 3.55. The van der Waals surface area contributed by atoms with Crippen molar-refractivity contribution in [3.63, 3.8) is 0 Å². The van der Waals surface area contributed by atoms with E-state index in [-0.39, 0.29) is 50.3 Å². The van der Waals surface area contributed by atoms with Crippen LogP contribution in [0.15, 0.2) is 41.8 Å². The van der Waals surface area contributed by atoms with Crippen molar-refractivity contribution >= 4 is 35.1 Å². The number of aryl methyl sites for hydroxylation is 2. The lowest BCUT2D eigenvalue weighted by Crippen LogP contribution is -2.47. The Morgan fingerprint density at radius 1 is 1.17 bits per heavy atom. The summed E-state index contributed by atoms with van der Waals surface area (Å²) in [5.41, 5.74) is 5.12. The van der Waals surface area contributed by atoms with Gasteiger partial charge in [0, 0.05) is 54.8 Å². The number of fused-ring (bicyclic) bond motifs is 2. The number of rotatable bonds is 7. The lowest BCUT2D eigenvalue weighted by Gasteiger charge is -2.34. The molecule has 3 aliphatic heterocycles. The third kappa shape index (κ3) is 5.75. The first kappa shape index (κ1) is 28.6. The van der Waals surface area contributed by atoms with Crippen LogP contribution < -0.4 is 9.64 Å². The van der Waals surface area contributed by atoms with Crippen LogP contribution in [0.4, 0.5) is 13.9 Å². The number of amides is 1. The number of nitrogens with zero attached hydrogens (tertiary/aromatic N) is 3. The minimum absolute atomic E-state index is 0.0616. The van der Waals surface area contributed by atoms with Crippen molar-refractivity contribution in [3.8, 4) is 17.0 Å². The van der Waals surface area contributed by atoms with Crippen LogP contribution in [0.25, 0.3) is 11.3 Å². The molecule has 42 heavy (non-hydrogen) atoms. The summed E-state index contributed by atoms with van der Waals surface area (Å²) in [6, 6.07) is 11.4. The Morgan fingerprint density at radius 3 is 2.67 bits per heavy atom. The molecule has 0 spiro atoms. The Balaban J connectivity index is 1.14. The molecular formula is C31H34BF2N3O4S. The Bertz CT molecular complexity index is 1490. The number of carboxylic acids is 1. The van der Waals surface area contributed by atoms with Crippen molar-refractivity contribution in [3.05, 3.63) is 64.0 Å². The van der Waals surface area contributed by atoms with Gasteiger partial charge in [-0.2, -0.15) is 0 Å². The molecule has 0 saturated carbocycles. The van der Waals surface area contributed by atoms with Gasteiger partial charge in [0.1, 0.15) is 12.4 Å². The number of alkyl halides is 2. The minimum atomic E-state index is -2.69. The van der Waals surface area contributed by atoms with Gasteiger partial charge in [0.15, 0.2) is 11.8 Å². The van der Waals surface area contributed by atoms with Crippen molar-refractivity contribution < 1.29 is 28.2 Å². The second kappa shape index (κ2) is 11.3. The number of aromatic nitrogens is 1. The number of ether oxygens (including phenoxy) is 1. The quantitative estimate of drug-likeness (QED) is 0.329. The number of piperidine rings is 1. The molecule has 1 unspecified atom stereocenters. The zero-order valence-corrected chi connectivity index (χ0v) is 24.6. The van der Waals surface area contributed by atoms with Crippen LogP contribution in [0, 0.1) is 19.8 Å². The monoisotopic (exact) mass is 593 g/mol. The van der Waals surface area contributed by atoms with Crippen molar-refractivity contribution in [2.45, 2.75) is 57.8 Å². The van der Waals surface area contributed by atoms with E-state index in [1.807, 2.05) is 37.4 Å². The number of anilines is 1. The van der Waals surface area contributed by atoms with Gasteiger partial charge in [0.2, 0.25) is 0 Å². The molecule has 3 fully saturated rings. The first-order chi connectivity index (χ1) is 20.1. The number of likely N-dealkylation sites (tertiary alicyclic amines) is 1.